The number of hydrogen-bond donors (Lipinski definition) is 1. The van der Waals surface area contributed by atoms with E-state index in [2.05, 4.69) is 4.98 Å². The van der Waals surface area contributed by atoms with E-state index in [1.807, 2.05) is 17.3 Å². The molecule has 7 heteroatoms. The first-order chi connectivity index (χ1) is 11.5. The van der Waals surface area contributed by atoms with E-state index in [9.17, 15) is 14.3 Å². The molecule has 0 aliphatic carbocycles. The van der Waals surface area contributed by atoms with Crippen molar-refractivity contribution in [3.8, 4) is 16.3 Å². The van der Waals surface area contributed by atoms with Crippen molar-refractivity contribution in [2.75, 3.05) is 7.05 Å². The Balaban J connectivity index is 1.66. The Bertz CT molecular complexity index is 889. The summed E-state index contributed by atoms with van der Waals surface area (Å²) in [6.07, 6.45) is 1.04. The minimum Gasteiger partial charge on any atom is -0.502 e. The van der Waals surface area contributed by atoms with Crippen LogP contribution in [-0.4, -0.2) is 22.0 Å². The van der Waals surface area contributed by atoms with Gasteiger partial charge in [0.15, 0.2) is 5.75 Å². The van der Waals surface area contributed by atoms with Crippen molar-refractivity contribution < 1.29 is 13.9 Å². The Hall–Kier alpha value is -2.51. The summed E-state index contributed by atoms with van der Waals surface area (Å²) < 4.78 is 18.2. The number of rotatable bonds is 5. The largest absolute Gasteiger partial charge is 0.502 e. The van der Waals surface area contributed by atoms with E-state index in [0.29, 0.717) is 18.8 Å². The lowest BCUT2D eigenvalue weighted by atomic mass is 10.2. The highest BCUT2D eigenvalue weighted by molar-refractivity contribution is 7.13. The van der Waals surface area contributed by atoms with Crippen LogP contribution < -0.4 is 5.43 Å². The van der Waals surface area contributed by atoms with E-state index < -0.39 is 11.2 Å². The number of aromatic hydroxyl groups is 1. The van der Waals surface area contributed by atoms with Crippen LogP contribution in [0.25, 0.3) is 10.6 Å². The summed E-state index contributed by atoms with van der Waals surface area (Å²) in [4.78, 5) is 17.9. The van der Waals surface area contributed by atoms with E-state index >= 15 is 0 Å². The first-order valence-electron chi connectivity index (χ1n) is 7.21. The molecule has 0 fully saturated rings. The monoisotopic (exact) mass is 346 g/mol. The molecule has 0 unspecified atom stereocenters. The quantitative estimate of drug-likeness (QED) is 0.768. The van der Waals surface area contributed by atoms with Crippen molar-refractivity contribution in [3.05, 3.63) is 69.5 Å². The van der Waals surface area contributed by atoms with Gasteiger partial charge < -0.3 is 9.52 Å². The van der Waals surface area contributed by atoms with Crippen LogP contribution in [0.1, 0.15) is 11.5 Å². The molecule has 3 rings (SSSR count). The van der Waals surface area contributed by atoms with Gasteiger partial charge in [-0.15, -0.1) is 11.3 Å². The summed E-state index contributed by atoms with van der Waals surface area (Å²) in [5.41, 5.74) is 1.29. The highest BCUT2D eigenvalue weighted by Gasteiger charge is 2.10. The van der Waals surface area contributed by atoms with E-state index in [0.717, 1.165) is 22.5 Å². The normalized spacial score (nSPS) is 11.1. The highest BCUT2D eigenvalue weighted by Crippen LogP contribution is 2.24. The first kappa shape index (κ1) is 16.4. The van der Waals surface area contributed by atoms with Crippen LogP contribution in [-0.2, 0) is 13.1 Å². The molecule has 1 aromatic carbocycles. The van der Waals surface area contributed by atoms with Crippen LogP contribution in [0.2, 0.25) is 0 Å². The van der Waals surface area contributed by atoms with Gasteiger partial charge in [0, 0.05) is 23.6 Å². The van der Waals surface area contributed by atoms with E-state index in [4.69, 9.17) is 4.42 Å². The average Bonchev–Trinajstić information content (AvgIpc) is 3.00. The number of nitrogens with zero attached hydrogens (tertiary/aromatic N) is 2. The van der Waals surface area contributed by atoms with Crippen LogP contribution in [0.15, 0.2) is 51.2 Å². The molecular weight excluding hydrogens is 331 g/mol. The van der Waals surface area contributed by atoms with Crippen molar-refractivity contribution in [3.63, 3.8) is 0 Å². The minimum atomic E-state index is -0.461. The maximum Gasteiger partial charge on any atom is 0.226 e. The van der Waals surface area contributed by atoms with Crippen molar-refractivity contribution in [1.29, 1.82) is 0 Å². The van der Waals surface area contributed by atoms with Gasteiger partial charge in [0.1, 0.15) is 22.8 Å². The first-order valence-corrected chi connectivity index (χ1v) is 8.09. The summed E-state index contributed by atoms with van der Waals surface area (Å²) in [6, 6.07) is 7.50. The van der Waals surface area contributed by atoms with Gasteiger partial charge in [-0.25, -0.2) is 9.37 Å². The third-order valence-corrected chi connectivity index (χ3v) is 4.31. The highest BCUT2D eigenvalue weighted by atomic mass is 32.1. The second-order valence-electron chi connectivity index (χ2n) is 5.42. The maximum atomic E-state index is 13.0. The molecule has 0 aliphatic heterocycles. The standard InChI is InChI=1S/C17H15FN2O3S/c1-20(8-14-6-15(21)16(22)9-23-14)7-13-10-24-17(19-13)11-2-4-12(18)5-3-11/h2-6,9-10,22H,7-8H2,1H3. The number of halogens is 1. The molecule has 0 bridgehead atoms. The molecule has 0 saturated carbocycles. The second kappa shape index (κ2) is 6.94. The second-order valence-corrected chi connectivity index (χ2v) is 6.28. The van der Waals surface area contributed by atoms with Gasteiger partial charge >= 0.3 is 0 Å². The molecule has 0 saturated heterocycles. The SMILES string of the molecule is CN(Cc1csc(-c2ccc(F)cc2)n1)Cc1cc(=O)c(O)co1. The van der Waals surface area contributed by atoms with Crippen molar-refractivity contribution >= 4 is 11.3 Å². The Kier molecular flexibility index (Phi) is 4.73. The molecule has 0 aliphatic rings. The number of hydrogen-bond acceptors (Lipinski definition) is 6. The molecule has 124 valence electrons. The Morgan fingerprint density at radius 1 is 1.29 bits per heavy atom. The van der Waals surface area contributed by atoms with Gasteiger partial charge in [-0.1, -0.05) is 0 Å². The topological polar surface area (TPSA) is 66.6 Å². The lowest BCUT2D eigenvalue weighted by Gasteiger charge is -2.14. The number of thiazole rings is 1. The molecule has 1 N–H and O–H groups in total. The Morgan fingerprint density at radius 3 is 2.75 bits per heavy atom. The number of benzene rings is 1. The minimum absolute atomic E-state index is 0.273. The number of aromatic nitrogens is 1. The van der Waals surface area contributed by atoms with Crippen LogP contribution >= 0.6 is 11.3 Å². The van der Waals surface area contributed by atoms with Crippen LogP contribution in [0.4, 0.5) is 4.39 Å². The molecule has 0 atom stereocenters. The average molecular weight is 346 g/mol. The summed E-state index contributed by atoms with van der Waals surface area (Å²) >= 11 is 1.49. The predicted molar refractivity (Wildman–Crippen MR) is 89.3 cm³/mol. The molecule has 24 heavy (non-hydrogen) atoms. The third kappa shape index (κ3) is 3.87. The van der Waals surface area contributed by atoms with Crippen LogP contribution in [0, 0.1) is 5.82 Å². The molecule has 0 radical (unpaired) electrons. The summed E-state index contributed by atoms with van der Waals surface area (Å²) in [7, 11) is 1.88. The molecule has 2 heterocycles. The fraction of sp³-hybridized carbons (Fsp3) is 0.176. The van der Waals surface area contributed by atoms with Crippen LogP contribution in [0.3, 0.4) is 0 Å². The Morgan fingerprint density at radius 2 is 2.04 bits per heavy atom. The van der Waals surface area contributed by atoms with Crippen molar-refractivity contribution in [2.45, 2.75) is 13.1 Å². The van der Waals surface area contributed by atoms with E-state index in [1.54, 1.807) is 12.1 Å². The Labute approximate surface area is 141 Å². The zero-order valence-electron chi connectivity index (χ0n) is 12.9. The lowest BCUT2D eigenvalue weighted by molar-refractivity contribution is 0.278. The summed E-state index contributed by atoms with van der Waals surface area (Å²) in [6.45, 7) is 0.987. The predicted octanol–water partition coefficient (Wildman–Crippen LogP) is 3.24. The van der Waals surface area contributed by atoms with E-state index in [1.165, 1.54) is 29.5 Å². The van der Waals surface area contributed by atoms with Gasteiger partial charge in [-0.05, 0) is 31.3 Å². The fourth-order valence-corrected chi connectivity index (χ4v) is 3.05. The molecule has 3 aromatic rings. The molecule has 0 spiro atoms. The van der Waals surface area contributed by atoms with Crippen molar-refractivity contribution in [2.24, 2.45) is 0 Å². The molecule has 5 nitrogen and oxygen atoms in total. The van der Waals surface area contributed by atoms with Gasteiger partial charge in [0.05, 0.1) is 12.2 Å². The van der Waals surface area contributed by atoms with Crippen LogP contribution in [0.5, 0.6) is 5.75 Å². The van der Waals surface area contributed by atoms with Gasteiger partial charge in [-0.3, -0.25) is 9.69 Å². The van der Waals surface area contributed by atoms with Gasteiger partial charge in [0.2, 0.25) is 5.43 Å². The van der Waals surface area contributed by atoms with E-state index in [-0.39, 0.29) is 5.82 Å². The zero-order valence-corrected chi connectivity index (χ0v) is 13.7. The van der Waals surface area contributed by atoms with Gasteiger partial charge in [-0.2, -0.15) is 0 Å². The maximum absolute atomic E-state index is 13.0. The van der Waals surface area contributed by atoms with Crippen molar-refractivity contribution in [1.82, 2.24) is 9.88 Å². The van der Waals surface area contributed by atoms with Gasteiger partial charge in [0.25, 0.3) is 0 Å². The summed E-state index contributed by atoms with van der Waals surface area (Å²) in [5.74, 6) is -0.204. The third-order valence-electron chi connectivity index (χ3n) is 3.37. The molecule has 0 amide bonds. The smallest absolute Gasteiger partial charge is 0.226 e. The molecule has 2 aromatic heterocycles. The lowest BCUT2D eigenvalue weighted by Crippen LogP contribution is -2.18. The zero-order chi connectivity index (χ0) is 17.1. The molecular formula is C17H15FN2O3S. The summed E-state index contributed by atoms with van der Waals surface area (Å²) in [5, 5.41) is 12.0. The fourth-order valence-electron chi connectivity index (χ4n) is 2.23.